The molecule has 8 heteroatoms. The van der Waals surface area contributed by atoms with Crippen molar-refractivity contribution in [3.05, 3.63) is 40.9 Å². The molecular weight excluding hydrogens is 454 g/mol. The van der Waals surface area contributed by atoms with Crippen molar-refractivity contribution in [2.24, 2.45) is 23.7 Å². The van der Waals surface area contributed by atoms with Gasteiger partial charge in [-0.25, -0.2) is 0 Å². The number of carbonyl (C=O) groups excluding carboxylic acids is 3. The topological polar surface area (TPSA) is 98.7 Å². The number of aliphatic hydroxyl groups excluding tert-OH is 1. The molecule has 1 aromatic rings. The molecule has 1 aliphatic heterocycles. The van der Waals surface area contributed by atoms with Gasteiger partial charge in [0, 0.05) is 26.1 Å². The first-order valence-electron chi connectivity index (χ1n) is 12.2. The zero-order chi connectivity index (χ0) is 24.8. The molecule has 5 atom stereocenters. The summed E-state index contributed by atoms with van der Waals surface area (Å²) < 4.78 is 0. The summed E-state index contributed by atoms with van der Waals surface area (Å²) in [6.45, 7) is 4.46. The van der Waals surface area contributed by atoms with Crippen LogP contribution in [0.25, 0.3) is 0 Å². The number of benzene rings is 1. The molecule has 0 spiro atoms. The van der Waals surface area contributed by atoms with Crippen molar-refractivity contribution in [3.8, 4) is 0 Å². The Balaban J connectivity index is 1.93. The van der Waals surface area contributed by atoms with Gasteiger partial charge in [0.15, 0.2) is 0 Å². The summed E-state index contributed by atoms with van der Waals surface area (Å²) in [5.41, 5.74) is 1.38. The first-order chi connectivity index (χ1) is 16.3. The largest absolute Gasteiger partial charge is 0.396 e. The van der Waals surface area contributed by atoms with E-state index in [1.807, 2.05) is 38.1 Å². The van der Waals surface area contributed by atoms with Gasteiger partial charge in [-0.1, -0.05) is 55.7 Å². The number of rotatable bonds is 10. The van der Waals surface area contributed by atoms with Gasteiger partial charge >= 0.3 is 0 Å². The van der Waals surface area contributed by atoms with Crippen LogP contribution < -0.4 is 10.6 Å². The molecule has 1 fully saturated rings. The fourth-order valence-electron chi connectivity index (χ4n) is 5.39. The summed E-state index contributed by atoms with van der Waals surface area (Å²) in [6.07, 6.45) is 7.86. The number of halogens is 1. The van der Waals surface area contributed by atoms with Crippen LogP contribution in [-0.2, 0) is 14.4 Å². The third-order valence-electron chi connectivity index (χ3n) is 7.18. The highest BCUT2D eigenvalue weighted by molar-refractivity contribution is 6.34. The fourth-order valence-corrected chi connectivity index (χ4v) is 5.66. The molecular formula is C26H36ClN3O4. The number of allylic oxidation sites excluding steroid dienone is 1. The summed E-state index contributed by atoms with van der Waals surface area (Å²) >= 11 is 6.35. The number of carbonyl (C=O) groups is 3. The van der Waals surface area contributed by atoms with Gasteiger partial charge in [-0.15, -0.1) is 0 Å². The quantitative estimate of drug-likeness (QED) is 0.346. The van der Waals surface area contributed by atoms with E-state index >= 15 is 0 Å². The second kappa shape index (κ2) is 11.8. The van der Waals surface area contributed by atoms with Crippen molar-refractivity contribution in [3.63, 3.8) is 0 Å². The Bertz CT molecular complexity index is 914. The van der Waals surface area contributed by atoms with Gasteiger partial charge in [0.05, 0.1) is 22.5 Å². The predicted octanol–water partition coefficient (Wildman–Crippen LogP) is 3.54. The lowest BCUT2D eigenvalue weighted by atomic mass is 9.69. The number of para-hydroxylation sites is 1. The van der Waals surface area contributed by atoms with Crippen LogP contribution >= 0.6 is 11.6 Å². The molecule has 1 saturated heterocycles. The van der Waals surface area contributed by atoms with Gasteiger partial charge in [0.1, 0.15) is 6.04 Å². The van der Waals surface area contributed by atoms with Crippen LogP contribution in [0.5, 0.6) is 0 Å². The smallest absolute Gasteiger partial charge is 0.247 e. The Hall–Kier alpha value is -2.38. The average molecular weight is 490 g/mol. The van der Waals surface area contributed by atoms with E-state index in [2.05, 4.69) is 10.6 Å². The van der Waals surface area contributed by atoms with E-state index in [1.54, 1.807) is 18.0 Å². The third kappa shape index (κ3) is 5.31. The van der Waals surface area contributed by atoms with Crippen molar-refractivity contribution in [2.45, 2.75) is 52.0 Å². The molecule has 3 rings (SSSR count). The van der Waals surface area contributed by atoms with Gasteiger partial charge in [-0.2, -0.15) is 0 Å². The molecule has 0 aromatic heterocycles. The van der Waals surface area contributed by atoms with Crippen LogP contribution in [-0.4, -0.2) is 54.0 Å². The number of aryl methyl sites for hydroxylation is 1. The van der Waals surface area contributed by atoms with E-state index in [0.29, 0.717) is 23.7 Å². The van der Waals surface area contributed by atoms with Crippen LogP contribution in [0.2, 0.25) is 5.02 Å². The third-order valence-corrected chi connectivity index (χ3v) is 7.49. The molecule has 1 aliphatic carbocycles. The molecule has 1 heterocycles. The number of anilines is 1. The first-order valence-corrected chi connectivity index (χ1v) is 12.6. The van der Waals surface area contributed by atoms with Crippen LogP contribution in [0.15, 0.2) is 30.4 Å². The number of nitrogens with one attached hydrogen (secondary N) is 2. The van der Waals surface area contributed by atoms with Gasteiger partial charge < -0.3 is 20.6 Å². The minimum absolute atomic E-state index is 0.0517. The number of amides is 3. The number of hydrogen-bond acceptors (Lipinski definition) is 4. The number of hydrogen-bond donors (Lipinski definition) is 3. The van der Waals surface area contributed by atoms with Crippen molar-refractivity contribution in [1.82, 2.24) is 10.2 Å². The van der Waals surface area contributed by atoms with Crippen LogP contribution in [0.3, 0.4) is 0 Å². The summed E-state index contributed by atoms with van der Waals surface area (Å²) in [4.78, 5) is 41.9. The number of likely N-dealkylation sites (tertiary alicyclic amines) is 1. The minimum atomic E-state index is -0.716. The van der Waals surface area contributed by atoms with E-state index in [0.717, 1.165) is 31.2 Å². The van der Waals surface area contributed by atoms with E-state index < -0.39 is 23.8 Å². The molecule has 186 valence electrons. The first kappa shape index (κ1) is 26.2. The maximum atomic E-state index is 13.7. The molecule has 1 aromatic carbocycles. The zero-order valence-electron chi connectivity index (χ0n) is 20.2. The van der Waals surface area contributed by atoms with Crippen molar-refractivity contribution < 1.29 is 19.5 Å². The highest BCUT2D eigenvalue weighted by Gasteiger charge is 2.56. The zero-order valence-corrected chi connectivity index (χ0v) is 21.0. The van der Waals surface area contributed by atoms with Gasteiger partial charge in [-0.3, -0.25) is 14.4 Å². The summed E-state index contributed by atoms with van der Waals surface area (Å²) in [5, 5.41) is 15.2. The molecule has 0 bridgehead atoms. The summed E-state index contributed by atoms with van der Waals surface area (Å²) in [5.74, 6) is -2.11. The molecule has 0 saturated carbocycles. The van der Waals surface area contributed by atoms with Crippen LogP contribution in [0.1, 0.15) is 44.6 Å². The maximum absolute atomic E-state index is 13.7. The number of nitrogens with zero attached hydrogens (tertiary/aromatic N) is 1. The Labute approximate surface area is 206 Å². The SMILES string of the molecule is CC[C@@H]1C=C[C@H]2[C@H](C(=O)N(CCCCCCO)[C@@H]2C(=O)Nc2c(C)cccc2Cl)[C@@H]1C(=O)NC. The number of aliphatic hydroxyl groups is 1. The van der Waals surface area contributed by atoms with Gasteiger partial charge in [-0.05, 0) is 43.7 Å². The lowest BCUT2D eigenvalue weighted by Gasteiger charge is -2.33. The second-order valence-corrected chi connectivity index (χ2v) is 9.64. The maximum Gasteiger partial charge on any atom is 0.247 e. The lowest BCUT2D eigenvalue weighted by Crippen LogP contribution is -2.45. The lowest BCUT2D eigenvalue weighted by molar-refractivity contribution is -0.140. The van der Waals surface area contributed by atoms with Crippen LogP contribution in [0.4, 0.5) is 5.69 Å². The van der Waals surface area contributed by atoms with Gasteiger partial charge in [0.2, 0.25) is 17.7 Å². The van der Waals surface area contributed by atoms with Crippen LogP contribution in [0, 0.1) is 30.6 Å². The Morgan fingerprint density at radius 3 is 2.50 bits per heavy atom. The highest BCUT2D eigenvalue weighted by Crippen LogP contribution is 2.45. The average Bonchev–Trinajstić information content (AvgIpc) is 3.11. The van der Waals surface area contributed by atoms with Gasteiger partial charge in [0.25, 0.3) is 0 Å². The monoisotopic (exact) mass is 489 g/mol. The Kier molecular flexibility index (Phi) is 9.14. The Morgan fingerprint density at radius 2 is 1.85 bits per heavy atom. The normalized spacial score (nSPS) is 25.9. The molecule has 34 heavy (non-hydrogen) atoms. The molecule has 7 nitrogen and oxygen atoms in total. The standard InChI is InChI=1S/C26H36ClN3O4/c1-4-17-12-13-18-21(20(17)24(32)28-3)26(34)30(14-7-5-6-8-15-31)23(18)25(33)29-22-16(2)10-9-11-19(22)27/h9-13,17-18,20-21,23,31H,4-8,14-15H2,1-3H3,(H,28,32)(H,29,33)/t17-,18+,20-,21+,23+/m1/s1. The molecule has 3 N–H and O–H groups in total. The van der Waals surface area contributed by atoms with E-state index in [-0.39, 0.29) is 30.2 Å². The molecule has 3 amide bonds. The molecule has 0 radical (unpaired) electrons. The van der Waals surface area contributed by atoms with Crippen molar-refractivity contribution >= 4 is 35.0 Å². The van der Waals surface area contributed by atoms with Crippen molar-refractivity contribution in [1.29, 1.82) is 0 Å². The number of fused-ring (bicyclic) bond motifs is 1. The van der Waals surface area contributed by atoms with E-state index in [4.69, 9.17) is 16.7 Å². The van der Waals surface area contributed by atoms with E-state index in [9.17, 15) is 14.4 Å². The predicted molar refractivity (Wildman–Crippen MR) is 133 cm³/mol. The summed E-state index contributed by atoms with van der Waals surface area (Å²) in [6, 6.07) is 4.70. The van der Waals surface area contributed by atoms with Crippen molar-refractivity contribution in [2.75, 3.05) is 25.5 Å². The number of unbranched alkanes of at least 4 members (excludes halogenated alkanes) is 3. The second-order valence-electron chi connectivity index (χ2n) is 9.24. The Morgan fingerprint density at radius 1 is 1.12 bits per heavy atom. The summed E-state index contributed by atoms with van der Waals surface area (Å²) in [7, 11) is 1.59. The minimum Gasteiger partial charge on any atom is -0.396 e. The highest BCUT2D eigenvalue weighted by atomic mass is 35.5. The molecule has 2 aliphatic rings. The molecule has 0 unspecified atom stereocenters. The fraction of sp³-hybridized carbons (Fsp3) is 0.577. The van der Waals surface area contributed by atoms with E-state index in [1.165, 1.54) is 0 Å².